The van der Waals surface area contributed by atoms with Gasteiger partial charge in [-0.15, -0.1) is 0 Å². The van der Waals surface area contributed by atoms with Gasteiger partial charge in [-0.3, -0.25) is 14.3 Å². The molecule has 1 atom stereocenters. The van der Waals surface area contributed by atoms with Crippen molar-refractivity contribution < 1.29 is 17.5 Å². The second-order valence-corrected chi connectivity index (χ2v) is 11.6. The topological polar surface area (TPSA) is 110 Å². The van der Waals surface area contributed by atoms with Crippen molar-refractivity contribution in [1.82, 2.24) is 14.3 Å². The normalized spacial score (nSPS) is 15.8. The van der Waals surface area contributed by atoms with E-state index in [-0.39, 0.29) is 17.3 Å². The molecule has 1 heterocycles. The number of nitrogens with one attached hydrogen (secondary N) is 2. The molecule has 8 nitrogen and oxygen atoms in total. The summed E-state index contributed by atoms with van der Waals surface area (Å²) >= 11 is 0. The van der Waals surface area contributed by atoms with E-state index in [9.17, 15) is 18.0 Å². The van der Waals surface area contributed by atoms with E-state index < -0.39 is 32.5 Å². The monoisotopic (exact) mass is 501 g/mol. The van der Waals surface area contributed by atoms with Crippen LogP contribution in [0.1, 0.15) is 49.9 Å². The molecular formula is C25H28FN3O5S. The summed E-state index contributed by atoms with van der Waals surface area (Å²) in [5.74, 6) is -0.326. The molecule has 0 spiro atoms. The van der Waals surface area contributed by atoms with E-state index >= 15 is 4.39 Å². The van der Waals surface area contributed by atoms with Crippen LogP contribution in [0, 0.1) is 5.82 Å². The Labute approximate surface area is 202 Å². The Balaban J connectivity index is 1.97. The van der Waals surface area contributed by atoms with Crippen LogP contribution in [0.15, 0.2) is 46.1 Å². The zero-order chi connectivity index (χ0) is 25.7. The zero-order valence-electron chi connectivity index (χ0n) is 20.2. The number of fused-ring (bicyclic) bond motifs is 1. The van der Waals surface area contributed by atoms with Crippen molar-refractivity contribution in [3.05, 3.63) is 79.9 Å². The van der Waals surface area contributed by atoms with E-state index in [2.05, 4.69) is 9.71 Å². The number of nitrogens with zero attached hydrogens (tertiary/aromatic N) is 1. The highest BCUT2D eigenvalue weighted by molar-refractivity contribution is 7.88. The number of aromatic amines is 1. The Morgan fingerprint density at radius 2 is 1.89 bits per heavy atom. The summed E-state index contributed by atoms with van der Waals surface area (Å²) in [4.78, 5) is 26.2. The Bertz CT molecular complexity index is 1530. The third-order valence-electron chi connectivity index (χ3n) is 6.16. The molecule has 35 heavy (non-hydrogen) atoms. The quantitative estimate of drug-likeness (QED) is 0.558. The maximum absolute atomic E-state index is 16.2. The van der Waals surface area contributed by atoms with Gasteiger partial charge in [-0.05, 0) is 41.0 Å². The van der Waals surface area contributed by atoms with Gasteiger partial charge >= 0.3 is 5.69 Å². The van der Waals surface area contributed by atoms with Crippen LogP contribution in [0.4, 0.5) is 4.39 Å². The smallest absolute Gasteiger partial charge is 0.333 e. The molecule has 1 aliphatic rings. The number of halogens is 1. The van der Waals surface area contributed by atoms with Crippen molar-refractivity contribution in [2.45, 2.75) is 45.1 Å². The number of aryl methyl sites for hydroxylation is 1. The van der Waals surface area contributed by atoms with Crippen LogP contribution in [0.2, 0.25) is 0 Å². The summed E-state index contributed by atoms with van der Waals surface area (Å²) in [6, 6.07) is 7.76. The summed E-state index contributed by atoms with van der Waals surface area (Å²) in [6.45, 7) is 5.86. The van der Waals surface area contributed by atoms with Crippen LogP contribution in [0.3, 0.4) is 0 Å². The van der Waals surface area contributed by atoms with Gasteiger partial charge in [0.2, 0.25) is 10.0 Å². The Hall–Kier alpha value is -3.24. The average molecular weight is 502 g/mol. The number of rotatable bonds is 5. The van der Waals surface area contributed by atoms with E-state index in [1.54, 1.807) is 18.2 Å². The van der Waals surface area contributed by atoms with Crippen molar-refractivity contribution in [3.8, 4) is 22.6 Å². The summed E-state index contributed by atoms with van der Waals surface area (Å²) < 4.78 is 49.1. The number of H-pyrrole nitrogens is 1. The van der Waals surface area contributed by atoms with Crippen LogP contribution < -0.4 is 20.7 Å². The van der Waals surface area contributed by atoms with Gasteiger partial charge in [0.1, 0.15) is 5.75 Å². The average Bonchev–Trinajstić information content (AvgIpc) is 3.13. The molecule has 1 unspecified atom stereocenters. The minimum atomic E-state index is -3.38. The standard InChI is InChI=1S/C25H28FN3O5S/c1-25(2,3)17-13-19(29-11-10-20(30)27-24(29)31)22(26)21(23(17)34-4)15-6-8-16-14(12-15)7-9-18(16)28-35(5,32)33/h6,8,10-13,18,28H,7,9H2,1-5H3,(H,27,30,31). The highest BCUT2D eigenvalue weighted by Gasteiger charge is 2.30. The van der Waals surface area contributed by atoms with Gasteiger partial charge in [0.25, 0.3) is 5.56 Å². The van der Waals surface area contributed by atoms with Crippen LogP contribution >= 0.6 is 0 Å². The first kappa shape index (κ1) is 24.9. The van der Waals surface area contributed by atoms with Crippen LogP contribution in [-0.2, 0) is 21.9 Å². The fourth-order valence-electron chi connectivity index (χ4n) is 4.59. The molecule has 186 valence electrons. The lowest BCUT2D eigenvalue weighted by atomic mass is 9.83. The predicted molar refractivity (Wildman–Crippen MR) is 132 cm³/mol. The first-order valence-electron chi connectivity index (χ1n) is 11.1. The molecule has 2 aromatic carbocycles. The molecule has 0 fully saturated rings. The number of hydrogen-bond donors (Lipinski definition) is 2. The number of methoxy groups -OCH3 is 1. The number of hydrogen-bond acceptors (Lipinski definition) is 5. The van der Waals surface area contributed by atoms with Crippen molar-refractivity contribution in [1.29, 1.82) is 0 Å². The number of ether oxygens (including phenoxy) is 1. The van der Waals surface area contributed by atoms with Crippen molar-refractivity contribution in [2.75, 3.05) is 13.4 Å². The molecule has 0 bridgehead atoms. The van der Waals surface area contributed by atoms with Gasteiger partial charge in [-0.2, -0.15) is 0 Å². The molecule has 10 heteroatoms. The third kappa shape index (κ3) is 4.81. The molecule has 1 aliphatic carbocycles. The molecule has 0 radical (unpaired) electrons. The van der Waals surface area contributed by atoms with Crippen molar-refractivity contribution in [3.63, 3.8) is 0 Å². The Morgan fingerprint density at radius 3 is 2.49 bits per heavy atom. The number of aromatic nitrogens is 2. The van der Waals surface area contributed by atoms with Gasteiger partial charge < -0.3 is 4.74 Å². The molecule has 0 saturated carbocycles. The van der Waals surface area contributed by atoms with E-state index in [0.29, 0.717) is 29.7 Å². The molecule has 0 saturated heterocycles. The Kier molecular flexibility index (Phi) is 6.23. The maximum atomic E-state index is 16.2. The van der Waals surface area contributed by atoms with Crippen molar-refractivity contribution >= 4 is 10.0 Å². The predicted octanol–water partition coefficient (Wildman–Crippen LogP) is 3.17. The molecule has 4 rings (SSSR count). The van der Waals surface area contributed by atoms with Crippen LogP contribution in [-0.4, -0.2) is 31.3 Å². The second kappa shape index (κ2) is 8.76. The SMILES string of the molecule is COc1c(C(C)(C)C)cc(-n2ccc(=O)[nH]c2=O)c(F)c1-c1ccc2c(c1)CCC2NS(C)(=O)=O. The van der Waals surface area contributed by atoms with Gasteiger partial charge in [0, 0.05) is 23.9 Å². The molecule has 1 aromatic heterocycles. The van der Waals surface area contributed by atoms with E-state index in [1.165, 1.54) is 13.3 Å². The molecular weight excluding hydrogens is 473 g/mol. The number of benzene rings is 2. The second-order valence-electron chi connectivity index (χ2n) is 9.79. The van der Waals surface area contributed by atoms with Crippen LogP contribution in [0.5, 0.6) is 5.75 Å². The fraction of sp³-hybridized carbons (Fsp3) is 0.360. The lowest BCUT2D eigenvalue weighted by Gasteiger charge is -2.26. The number of sulfonamides is 1. The van der Waals surface area contributed by atoms with Crippen LogP contribution in [0.25, 0.3) is 16.8 Å². The van der Waals surface area contributed by atoms with Gasteiger partial charge in [0.05, 0.1) is 24.6 Å². The van der Waals surface area contributed by atoms with E-state index in [4.69, 9.17) is 4.74 Å². The summed E-state index contributed by atoms with van der Waals surface area (Å²) in [6.07, 6.45) is 3.60. The first-order valence-corrected chi connectivity index (χ1v) is 13.0. The first-order chi connectivity index (χ1) is 16.3. The van der Waals surface area contributed by atoms with E-state index in [0.717, 1.165) is 28.0 Å². The van der Waals surface area contributed by atoms with Gasteiger partial charge in [-0.1, -0.05) is 39.0 Å². The molecule has 0 aliphatic heterocycles. The highest BCUT2D eigenvalue weighted by atomic mass is 32.2. The molecule has 0 amide bonds. The lowest BCUT2D eigenvalue weighted by Crippen LogP contribution is -2.28. The minimum Gasteiger partial charge on any atom is -0.496 e. The molecule has 3 aromatic rings. The molecule has 2 N–H and O–H groups in total. The zero-order valence-corrected chi connectivity index (χ0v) is 21.0. The highest BCUT2D eigenvalue weighted by Crippen LogP contribution is 2.44. The van der Waals surface area contributed by atoms with Crippen molar-refractivity contribution in [2.24, 2.45) is 0 Å². The maximum Gasteiger partial charge on any atom is 0.333 e. The van der Waals surface area contributed by atoms with Gasteiger partial charge in [-0.25, -0.2) is 22.3 Å². The largest absolute Gasteiger partial charge is 0.496 e. The minimum absolute atomic E-state index is 0.0101. The summed E-state index contributed by atoms with van der Waals surface area (Å²) in [5.41, 5.74) is 1.37. The summed E-state index contributed by atoms with van der Waals surface area (Å²) in [5, 5.41) is 0. The Morgan fingerprint density at radius 1 is 1.17 bits per heavy atom. The van der Waals surface area contributed by atoms with Gasteiger partial charge in [0.15, 0.2) is 5.82 Å². The van der Waals surface area contributed by atoms with E-state index in [1.807, 2.05) is 26.8 Å². The lowest BCUT2D eigenvalue weighted by molar-refractivity contribution is 0.396. The third-order valence-corrected chi connectivity index (χ3v) is 6.87. The fourth-order valence-corrected chi connectivity index (χ4v) is 5.35. The summed E-state index contributed by atoms with van der Waals surface area (Å²) in [7, 11) is -1.91.